The van der Waals surface area contributed by atoms with E-state index in [2.05, 4.69) is 0 Å². The summed E-state index contributed by atoms with van der Waals surface area (Å²) in [5.41, 5.74) is 1.46. The summed E-state index contributed by atoms with van der Waals surface area (Å²) < 4.78 is 10.4. The van der Waals surface area contributed by atoms with Gasteiger partial charge in [-0.1, -0.05) is 18.2 Å². The van der Waals surface area contributed by atoms with Crippen LogP contribution in [0.4, 0.5) is 0 Å². The molecule has 4 nitrogen and oxygen atoms in total. The molecule has 0 amide bonds. The first-order chi connectivity index (χ1) is 10.2. The van der Waals surface area contributed by atoms with Crippen LogP contribution >= 0.6 is 0 Å². The Morgan fingerprint density at radius 1 is 0.857 bits per heavy atom. The Kier molecular flexibility index (Phi) is 3.22. The summed E-state index contributed by atoms with van der Waals surface area (Å²) in [5.74, 6) is -0.122. The predicted octanol–water partition coefficient (Wildman–Crippen LogP) is 2.87. The molecule has 1 atom stereocenters. The fraction of sp³-hybridized carbons (Fsp3) is 0.176. The molecule has 1 aliphatic rings. The molecule has 21 heavy (non-hydrogen) atoms. The second kappa shape index (κ2) is 5.05. The Balaban J connectivity index is 2.11. The van der Waals surface area contributed by atoms with E-state index in [-0.39, 0.29) is 11.6 Å². The third-order valence-corrected chi connectivity index (χ3v) is 3.73. The summed E-state index contributed by atoms with van der Waals surface area (Å²) in [7, 11) is 3.06. The van der Waals surface area contributed by atoms with Crippen molar-refractivity contribution in [1.29, 1.82) is 0 Å². The number of hydrogen-bond acceptors (Lipinski definition) is 4. The topological polar surface area (TPSA) is 52.6 Å². The van der Waals surface area contributed by atoms with Gasteiger partial charge in [-0.15, -0.1) is 0 Å². The SMILES string of the molecule is COc1ccc2c(c1)C(=O)C(c1ccccc1OC)C2=O. The van der Waals surface area contributed by atoms with Gasteiger partial charge in [0.05, 0.1) is 14.2 Å². The molecule has 4 heteroatoms. The van der Waals surface area contributed by atoms with Crippen molar-refractivity contribution < 1.29 is 19.1 Å². The highest BCUT2D eigenvalue weighted by atomic mass is 16.5. The fourth-order valence-corrected chi connectivity index (χ4v) is 2.69. The number of carbonyl (C=O) groups excluding carboxylic acids is 2. The Bertz CT molecular complexity index is 733. The third-order valence-electron chi connectivity index (χ3n) is 3.73. The first-order valence-electron chi connectivity index (χ1n) is 6.56. The summed E-state index contributed by atoms with van der Waals surface area (Å²) in [6.07, 6.45) is 0. The molecule has 0 aliphatic heterocycles. The van der Waals surface area contributed by atoms with Crippen LogP contribution in [0.3, 0.4) is 0 Å². The number of rotatable bonds is 3. The number of benzene rings is 2. The quantitative estimate of drug-likeness (QED) is 0.812. The van der Waals surface area contributed by atoms with Gasteiger partial charge >= 0.3 is 0 Å². The molecule has 0 fully saturated rings. The van der Waals surface area contributed by atoms with Gasteiger partial charge in [0.1, 0.15) is 17.4 Å². The number of carbonyl (C=O) groups is 2. The van der Waals surface area contributed by atoms with E-state index in [9.17, 15) is 9.59 Å². The lowest BCUT2D eigenvalue weighted by atomic mass is 9.93. The highest BCUT2D eigenvalue weighted by Gasteiger charge is 2.41. The van der Waals surface area contributed by atoms with Crippen LogP contribution in [0, 0.1) is 0 Å². The standard InChI is InChI=1S/C17H14O4/c1-20-10-7-8-11-13(9-10)17(19)15(16(11)18)12-5-3-4-6-14(12)21-2/h3-9,15H,1-2H3. The van der Waals surface area contributed by atoms with Crippen LogP contribution in [0.5, 0.6) is 11.5 Å². The average molecular weight is 282 g/mol. The van der Waals surface area contributed by atoms with E-state index >= 15 is 0 Å². The van der Waals surface area contributed by atoms with Gasteiger partial charge in [0, 0.05) is 16.7 Å². The van der Waals surface area contributed by atoms with Crippen molar-refractivity contribution in [3.05, 3.63) is 59.2 Å². The Hall–Kier alpha value is -2.62. The smallest absolute Gasteiger partial charge is 0.179 e. The summed E-state index contributed by atoms with van der Waals surface area (Å²) >= 11 is 0. The fourth-order valence-electron chi connectivity index (χ4n) is 2.69. The third kappa shape index (κ3) is 2.00. The lowest BCUT2D eigenvalue weighted by Gasteiger charge is -2.12. The first-order valence-corrected chi connectivity index (χ1v) is 6.56. The summed E-state index contributed by atoms with van der Waals surface area (Å²) in [6.45, 7) is 0. The Labute approximate surface area is 122 Å². The molecule has 0 aromatic heterocycles. The van der Waals surface area contributed by atoms with Crippen molar-refractivity contribution >= 4 is 11.6 Å². The van der Waals surface area contributed by atoms with Gasteiger partial charge in [-0.05, 0) is 24.3 Å². The molecular weight excluding hydrogens is 268 g/mol. The van der Waals surface area contributed by atoms with Crippen molar-refractivity contribution in [2.24, 2.45) is 0 Å². The van der Waals surface area contributed by atoms with Crippen LogP contribution in [0.15, 0.2) is 42.5 Å². The molecular formula is C17H14O4. The van der Waals surface area contributed by atoms with E-state index in [1.165, 1.54) is 14.2 Å². The van der Waals surface area contributed by atoms with Crippen LogP contribution in [0.25, 0.3) is 0 Å². The Morgan fingerprint density at radius 2 is 1.57 bits per heavy atom. The zero-order valence-corrected chi connectivity index (χ0v) is 11.8. The molecule has 0 saturated heterocycles. The molecule has 0 heterocycles. The lowest BCUT2D eigenvalue weighted by molar-refractivity contribution is 0.0888. The maximum Gasteiger partial charge on any atom is 0.179 e. The maximum absolute atomic E-state index is 12.6. The number of Topliss-reactive ketones (excluding diaryl/α,β-unsaturated/α-hetero) is 2. The van der Waals surface area contributed by atoms with E-state index in [1.54, 1.807) is 36.4 Å². The van der Waals surface area contributed by atoms with Crippen LogP contribution < -0.4 is 9.47 Å². The van der Waals surface area contributed by atoms with Crippen molar-refractivity contribution in [3.8, 4) is 11.5 Å². The van der Waals surface area contributed by atoms with Crippen molar-refractivity contribution in [2.45, 2.75) is 5.92 Å². The highest BCUT2D eigenvalue weighted by molar-refractivity contribution is 6.30. The monoisotopic (exact) mass is 282 g/mol. The van der Waals surface area contributed by atoms with E-state index in [4.69, 9.17) is 9.47 Å². The number of para-hydroxylation sites is 1. The summed E-state index contributed by atoms with van der Waals surface area (Å²) in [4.78, 5) is 25.2. The van der Waals surface area contributed by atoms with E-state index in [0.717, 1.165) is 0 Å². The second-order valence-corrected chi connectivity index (χ2v) is 4.81. The van der Waals surface area contributed by atoms with E-state index in [1.807, 2.05) is 6.07 Å². The van der Waals surface area contributed by atoms with Crippen LogP contribution in [-0.2, 0) is 0 Å². The normalized spacial score (nSPS) is 16.8. The van der Waals surface area contributed by atoms with Crippen LogP contribution in [-0.4, -0.2) is 25.8 Å². The van der Waals surface area contributed by atoms with Crippen molar-refractivity contribution in [3.63, 3.8) is 0 Å². The summed E-state index contributed by atoms with van der Waals surface area (Å²) in [5, 5.41) is 0. The largest absolute Gasteiger partial charge is 0.497 e. The molecule has 1 unspecified atom stereocenters. The van der Waals surface area contributed by atoms with E-state index < -0.39 is 5.92 Å². The zero-order valence-electron chi connectivity index (χ0n) is 11.8. The van der Waals surface area contributed by atoms with Gasteiger partial charge in [0.2, 0.25) is 0 Å². The van der Waals surface area contributed by atoms with Gasteiger partial charge in [-0.25, -0.2) is 0 Å². The molecule has 106 valence electrons. The number of methoxy groups -OCH3 is 2. The van der Waals surface area contributed by atoms with Crippen LogP contribution in [0.1, 0.15) is 32.2 Å². The molecule has 2 aromatic rings. The average Bonchev–Trinajstić information content (AvgIpc) is 2.78. The minimum absolute atomic E-state index is 0.192. The highest BCUT2D eigenvalue weighted by Crippen LogP contribution is 2.38. The molecule has 0 spiro atoms. The molecule has 3 rings (SSSR count). The Morgan fingerprint density at radius 3 is 2.29 bits per heavy atom. The van der Waals surface area contributed by atoms with Gasteiger partial charge in [-0.2, -0.15) is 0 Å². The molecule has 0 radical (unpaired) electrons. The van der Waals surface area contributed by atoms with Gasteiger partial charge in [-0.3, -0.25) is 9.59 Å². The maximum atomic E-state index is 12.6. The minimum Gasteiger partial charge on any atom is -0.497 e. The lowest BCUT2D eigenvalue weighted by Crippen LogP contribution is -2.13. The number of ether oxygens (including phenoxy) is 2. The van der Waals surface area contributed by atoms with Crippen molar-refractivity contribution in [1.82, 2.24) is 0 Å². The minimum atomic E-state index is -0.830. The zero-order chi connectivity index (χ0) is 15.0. The van der Waals surface area contributed by atoms with Gasteiger partial charge in [0.15, 0.2) is 11.6 Å². The van der Waals surface area contributed by atoms with Gasteiger partial charge < -0.3 is 9.47 Å². The predicted molar refractivity (Wildman–Crippen MR) is 77.4 cm³/mol. The molecule has 0 bridgehead atoms. The first kappa shape index (κ1) is 13.4. The number of ketones is 2. The number of hydrogen-bond donors (Lipinski definition) is 0. The molecule has 1 aliphatic carbocycles. The second-order valence-electron chi connectivity index (χ2n) is 4.81. The summed E-state index contributed by atoms with van der Waals surface area (Å²) in [6, 6.07) is 12.1. The van der Waals surface area contributed by atoms with Crippen LogP contribution in [0.2, 0.25) is 0 Å². The molecule has 0 saturated carbocycles. The van der Waals surface area contributed by atoms with Gasteiger partial charge in [0.25, 0.3) is 0 Å². The van der Waals surface area contributed by atoms with E-state index in [0.29, 0.717) is 28.2 Å². The van der Waals surface area contributed by atoms with Crippen molar-refractivity contribution in [2.75, 3.05) is 14.2 Å². The molecule has 0 N–H and O–H groups in total. The number of fused-ring (bicyclic) bond motifs is 1. The molecule has 2 aromatic carbocycles.